The highest BCUT2D eigenvalue weighted by atomic mass is 127. The fraction of sp³-hybridized carbons (Fsp3) is 0.632. The summed E-state index contributed by atoms with van der Waals surface area (Å²) >= 11 is 0. The molecule has 1 aliphatic rings. The van der Waals surface area contributed by atoms with Gasteiger partial charge in [-0.15, -0.1) is 24.0 Å². The minimum atomic E-state index is -0.202. The Bertz CT molecular complexity index is 564. The Balaban J connectivity index is 0.00000338. The normalized spacial score (nSPS) is 18.2. The lowest BCUT2D eigenvalue weighted by atomic mass is 10.0. The van der Waals surface area contributed by atoms with E-state index < -0.39 is 0 Å². The first-order chi connectivity index (χ1) is 12.0. The van der Waals surface area contributed by atoms with Crippen molar-refractivity contribution >= 4 is 29.9 Å². The largest absolute Gasteiger partial charge is 0.379 e. The van der Waals surface area contributed by atoms with Crippen molar-refractivity contribution in [1.29, 1.82) is 0 Å². The average molecular weight is 478 g/mol. The molecule has 2 N–H and O–H groups in total. The van der Waals surface area contributed by atoms with Crippen LogP contribution in [0.3, 0.4) is 0 Å². The van der Waals surface area contributed by atoms with E-state index in [0.717, 1.165) is 24.6 Å². The summed E-state index contributed by atoms with van der Waals surface area (Å²) < 4.78 is 19.2. The molecule has 0 aliphatic carbocycles. The molecule has 0 radical (unpaired) electrons. The molecule has 7 heteroatoms. The first-order valence-corrected chi connectivity index (χ1v) is 9.05. The number of hydrogen-bond acceptors (Lipinski definition) is 3. The third kappa shape index (κ3) is 7.00. The maximum atomic E-state index is 13.7. The molecule has 0 saturated carbocycles. The van der Waals surface area contributed by atoms with Gasteiger partial charge in [0.05, 0.1) is 19.3 Å². The summed E-state index contributed by atoms with van der Waals surface area (Å²) in [5, 5.41) is 6.81. The third-order valence-electron chi connectivity index (χ3n) is 4.77. The van der Waals surface area contributed by atoms with Crippen LogP contribution in [0.2, 0.25) is 0 Å². The second-order valence-electron chi connectivity index (χ2n) is 6.85. The maximum absolute atomic E-state index is 13.7. The summed E-state index contributed by atoms with van der Waals surface area (Å²) in [4.78, 5) is 6.65. The SMILES string of the molecule is CN=C(NCC(c1cccc(F)c1)N1CCOCC1)NC(C)C(C)C.I. The summed E-state index contributed by atoms with van der Waals surface area (Å²) in [6.07, 6.45) is 0. The molecule has 0 spiro atoms. The van der Waals surface area contributed by atoms with Gasteiger partial charge in [0.25, 0.3) is 0 Å². The molecule has 1 heterocycles. The van der Waals surface area contributed by atoms with Crippen molar-refractivity contribution < 1.29 is 9.13 Å². The number of aliphatic imine (C=N–C) groups is 1. The lowest BCUT2D eigenvalue weighted by Gasteiger charge is -2.35. The van der Waals surface area contributed by atoms with Crippen molar-refractivity contribution in [1.82, 2.24) is 15.5 Å². The van der Waals surface area contributed by atoms with Crippen LogP contribution in [-0.4, -0.2) is 56.8 Å². The Morgan fingerprint density at radius 1 is 1.27 bits per heavy atom. The Kier molecular flexibility index (Phi) is 10.4. The number of hydrogen-bond donors (Lipinski definition) is 2. The van der Waals surface area contributed by atoms with Crippen molar-refractivity contribution in [2.45, 2.75) is 32.9 Å². The first kappa shape index (κ1) is 23.1. The molecule has 2 rings (SSSR count). The van der Waals surface area contributed by atoms with E-state index in [9.17, 15) is 4.39 Å². The number of nitrogens with one attached hydrogen (secondary N) is 2. The van der Waals surface area contributed by atoms with E-state index in [0.29, 0.717) is 31.7 Å². The molecule has 2 atom stereocenters. The Labute approximate surface area is 173 Å². The predicted molar refractivity (Wildman–Crippen MR) is 116 cm³/mol. The average Bonchev–Trinajstić information content (AvgIpc) is 2.61. The Morgan fingerprint density at radius 2 is 1.96 bits per heavy atom. The minimum absolute atomic E-state index is 0. The smallest absolute Gasteiger partial charge is 0.191 e. The molecule has 0 bridgehead atoms. The summed E-state index contributed by atoms with van der Waals surface area (Å²) in [5.41, 5.74) is 0.974. The van der Waals surface area contributed by atoms with E-state index in [1.54, 1.807) is 19.2 Å². The molecule has 1 aliphatic heterocycles. The number of morpholine rings is 1. The predicted octanol–water partition coefficient (Wildman–Crippen LogP) is 3.03. The highest BCUT2D eigenvalue weighted by molar-refractivity contribution is 14.0. The molecule has 0 aromatic heterocycles. The van der Waals surface area contributed by atoms with Crippen LogP contribution in [0.5, 0.6) is 0 Å². The van der Waals surface area contributed by atoms with Crippen molar-refractivity contribution in [2.75, 3.05) is 39.9 Å². The summed E-state index contributed by atoms with van der Waals surface area (Å²) in [6, 6.07) is 7.26. The van der Waals surface area contributed by atoms with Crippen molar-refractivity contribution in [3.05, 3.63) is 35.6 Å². The first-order valence-electron chi connectivity index (χ1n) is 9.05. The monoisotopic (exact) mass is 478 g/mol. The molecule has 2 unspecified atom stereocenters. The zero-order valence-corrected chi connectivity index (χ0v) is 18.5. The van der Waals surface area contributed by atoms with E-state index in [1.807, 2.05) is 6.07 Å². The summed E-state index contributed by atoms with van der Waals surface area (Å²) in [6.45, 7) is 10.3. The number of guanidine groups is 1. The van der Waals surface area contributed by atoms with Crippen molar-refractivity contribution in [3.63, 3.8) is 0 Å². The minimum Gasteiger partial charge on any atom is -0.379 e. The molecule has 1 saturated heterocycles. The van der Waals surface area contributed by atoms with Crippen LogP contribution in [0.4, 0.5) is 4.39 Å². The molecule has 5 nitrogen and oxygen atoms in total. The van der Waals surface area contributed by atoms with Gasteiger partial charge in [-0.05, 0) is 30.5 Å². The molecular formula is C19H32FIN4O. The van der Waals surface area contributed by atoms with Gasteiger partial charge in [0.15, 0.2) is 5.96 Å². The molecule has 1 aromatic carbocycles. The van der Waals surface area contributed by atoms with Crippen LogP contribution >= 0.6 is 24.0 Å². The molecule has 26 heavy (non-hydrogen) atoms. The zero-order valence-electron chi connectivity index (χ0n) is 16.2. The van der Waals surface area contributed by atoms with Gasteiger partial charge in [-0.1, -0.05) is 26.0 Å². The van der Waals surface area contributed by atoms with Crippen LogP contribution in [0.1, 0.15) is 32.4 Å². The van der Waals surface area contributed by atoms with Gasteiger partial charge in [-0.3, -0.25) is 9.89 Å². The third-order valence-corrected chi connectivity index (χ3v) is 4.77. The second-order valence-corrected chi connectivity index (χ2v) is 6.85. The fourth-order valence-corrected chi connectivity index (χ4v) is 2.83. The Hall–Kier alpha value is -0.930. The van der Waals surface area contributed by atoms with Gasteiger partial charge >= 0.3 is 0 Å². The molecule has 148 valence electrons. The van der Waals surface area contributed by atoms with Crippen LogP contribution in [0, 0.1) is 11.7 Å². The Morgan fingerprint density at radius 3 is 2.54 bits per heavy atom. The highest BCUT2D eigenvalue weighted by Gasteiger charge is 2.23. The van der Waals surface area contributed by atoms with Crippen molar-refractivity contribution in [2.24, 2.45) is 10.9 Å². The van der Waals surface area contributed by atoms with Crippen molar-refractivity contribution in [3.8, 4) is 0 Å². The number of ether oxygens (including phenoxy) is 1. The molecule has 1 fully saturated rings. The van der Waals surface area contributed by atoms with E-state index in [1.165, 1.54) is 6.07 Å². The van der Waals surface area contributed by atoms with E-state index in [-0.39, 0.29) is 35.8 Å². The molecule has 0 amide bonds. The summed E-state index contributed by atoms with van der Waals surface area (Å²) in [5.74, 6) is 1.08. The van der Waals surface area contributed by atoms with Gasteiger partial charge in [0, 0.05) is 32.7 Å². The van der Waals surface area contributed by atoms with E-state index >= 15 is 0 Å². The zero-order chi connectivity index (χ0) is 18.2. The van der Waals surface area contributed by atoms with Gasteiger partial charge in [-0.25, -0.2) is 4.39 Å². The van der Waals surface area contributed by atoms with Crippen LogP contribution in [0.25, 0.3) is 0 Å². The topological polar surface area (TPSA) is 48.9 Å². The van der Waals surface area contributed by atoms with Crippen LogP contribution in [-0.2, 0) is 4.74 Å². The van der Waals surface area contributed by atoms with Crippen LogP contribution < -0.4 is 10.6 Å². The number of benzene rings is 1. The van der Waals surface area contributed by atoms with Crippen LogP contribution in [0.15, 0.2) is 29.3 Å². The maximum Gasteiger partial charge on any atom is 0.191 e. The van der Waals surface area contributed by atoms with E-state index in [4.69, 9.17) is 4.74 Å². The highest BCUT2D eigenvalue weighted by Crippen LogP contribution is 2.22. The fourth-order valence-electron chi connectivity index (χ4n) is 2.83. The number of rotatable bonds is 6. The van der Waals surface area contributed by atoms with Gasteiger partial charge in [0.1, 0.15) is 5.82 Å². The second kappa shape index (κ2) is 11.7. The molecule has 1 aromatic rings. The quantitative estimate of drug-likeness (QED) is 0.375. The van der Waals surface area contributed by atoms with Gasteiger partial charge < -0.3 is 15.4 Å². The lowest BCUT2D eigenvalue weighted by Crippen LogP contribution is -2.48. The lowest BCUT2D eigenvalue weighted by molar-refractivity contribution is 0.0169. The number of nitrogens with zero attached hydrogens (tertiary/aromatic N) is 2. The number of halogens is 2. The van der Waals surface area contributed by atoms with E-state index in [2.05, 4.69) is 41.3 Å². The van der Waals surface area contributed by atoms with Gasteiger partial charge in [-0.2, -0.15) is 0 Å². The summed E-state index contributed by atoms with van der Waals surface area (Å²) in [7, 11) is 1.77. The standard InChI is InChI=1S/C19H31FN4O.HI/c1-14(2)15(3)23-19(21-4)22-13-18(24-8-10-25-11-9-24)16-6-5-7-17(20)12-16;/h5-7,12,14-15,18H,8-11,13H2,1-4H3,(H2,21,22,23);1H. The molecular weight excluding hydrogens is 446 g/mol. The van der Waals surface area contributed by atoms with Gasteiger partial charge in [0.2, 0.25) is 0 Å².